The summed E-state index contributed by atoms with van der Waals surface area (Å²) in [5.74, 6) is -3.50. The van der Waals surface area contributed by atoms with Crippen LogP contribution in [0.2, 0.25) is 0 Å². The second-order valence-electron chi connectivity index (χ2n) is 6.55. The van der Waals surface area contributed by atoms with Gasteiger partial charge in [-0.25, -0.2) is 13.6 Å². The van der Waals surface area contributed by atoms with E-state index >= 15 is 0 Å². The zero-order valence-electron chi connectivity index (χ0n) is 15.1. The minimum absolute atomic E-state index is 0.217. The number of piperazine rings is 1. The molecular weight excluding hydrogens is 386 g/mol. The Kier molecular flexibility index (Phi) is 4.75. The van der Waals surface area contributed by atoms with E-state index in [1.54, 1.807) is 11.0 Å². The fraction of sp³-hybridized carbons (Fsp3) is 0.211. The first-order valence-electron chi connectivity index (χ1n) is 8.84. The van der Waals surface area contributed by atoms with E-state index in [9.17, 15) is 23.2 Å². The van der Waals surface area contributed by atoms with Crippen molar-refractivity contribution in [3.8, 4) is 0 Å². The Morgan fingerprint density at radius 3 is 2.52 bits per heavy atom. The number of fused-ring (bicyclic) bond motifs is 1. The molecule has 8 nitrogen and oxygen atoms in total. The summed E-state index contributed by atoms with van der Waals surface area (Å²) in [5.41, 5.74) is 1.30. The van der Waals surface area contributed by atoms with Gasteiger partial charge in [-0.2, -0.15) is 0 Å². The van der Waals surface area contributed by atoms with Crippen molar-refractivity contribution in [1.29, 1.82) is 0 Å². The minimum Gasteiger partial charge on any atom is -0.408 e. The fourth-order valence-electron chi connectivity index (χ4n) is 3.24. The van der Waals surface area contributed by atoms with Crippen molar-refractivity contribution in [2.45, 2.75) is 0 Å². The predicted molar refractivity (Wildman–Crippen MR) is 101 cm³/mol. The molecule has 0 saturated carbocycles. The van der Waals surface area contributed by atoms with E-state index in [1.165, 1.54) is 29.2 Å². The number of rotatable bonds is 2. The maximum absolute atomic E-state index is 13.9. The Morgan fingerprint density at radius 2 is 1.79 bits per heavy atom. The molecule has 150 valence electrons. The number of amides is 2. The Labute approximate surface area is 162 Å². The SMILES string of the molecule is O=C(Nc1ccc2[nH]c(=O)oc2c1)C(=O)N1CCN(c2ccc(F)cc2F)CC1. The molecule has 3 aromatic rings. The average molecular weight is 402 g/mol. The normalized spacial score (nSPS) is 14.3. The highest BCUT2D eigenvalue weighted by molar-refractivity contribution is 6.39. The fourth-order valence-corrected chi connectivity index (χ4v) is 3.24. The Balaban J connectivity index is 1.38. The largest absolute Gasteiger partial charge is 0.417 e. The molecule has 1 saturated heterocycles. The molecule has 0 aliphatic carbocycles. The highest BCUT2D eigenvalue weighted by Crippen LogP contribution is 2.22. The summed E-state index contributed by atoms with van der Waals surface area (Å²) in [6, 6.07) is 7.86. The number of H-pyrrole nitrogens is 1. The molecule has 2 amide bonds. The first-order valence-corrected chi connectivity index (χ1v) is 8.84. The molecule has 4 rings (SSSR count). The number of carbonyl (C=O) groups is 2. The van der Waals surface area contributed by atoms with Crippen LogP contribution >= 0.6 is 0 Å². The molecule has 10 heteroatoms. The Morgan fingerprint density at radius 1 is 1.03 bits per heavy atom. The standard InChI is InChI=1S/C19H16F2N4O4/c20-11-1-4-15(13(21)9-11)24-5-7-25(8-6-24)18(27)17(26)22-12-2-3-14-16(10-12)29-19(28)23-14/h1-4,9-10H,5-8H2,(H,22,26)(H,23,28). The van der Waals surface area contributed by atoms with Crippen molar-refractivity contribution < 1.29 is 22.8 Å². The van der Waals surface area contributed by atoms with Gasteiger partial charge in [-0.05, 0) is 24.3 Å². The van der Waals surface area contributed by atoms with Crippen LogP contribution in [0.4, 0.5) is 20.2 Å². The number of halogens is 2. The van der Waals surface area contributed by atoms with E-state index in [4.69, 9.17) is 4.42 Å². The molecular formula is C19H16F2N4O4. The van der Waals surface area contributed by atoms with E-state index in [0.29, 0.717) is 24.3 Å². The third kappa shape index (κ3) is 3.82. The number of aromatic nitrogens is 1. The van der Waals surface area contributed by atoms with Crippen LogP contribution < -0.4 is 16.0 Å². The first kappa shape index (κ1) is 18.7. The highest BCUT2D eigenvalue weighted by Gasteiger charge is 2.27. The molecule has 1 aliphatic rings. The van der Waals surface area contributed by atoms with E-state index < -0.39 is 29.2 Å². The van der Waals surface area contributed by atoms with Gasteiger partial charge >= 0.3 is 17.6 Å². The molecule has 0 bridgehead atoms. The maximum Gasteiger partial charge on any atom is 0.417 e. The summed E-state index contributed by atoms with van der Waals surface area (Å²) in [7, 11) is 0. The molecule has 1 aromatic heterocycles. The van der Waals surface area contributed by atoms with Crippen LogP contribution in [0.3, 0.4) is 0 Å². The third-order valence-electron chi connectivity index (χ3n) is 4.69. The summed E-state index contributed by atoms with van der Waals surface area (Å²) in [5, 5.41) is 2.48. The van der Waals surface area contributed by atoms with Crippen molar-refractivity contribution in [3.63, 3.8) is 0 Å². The first-order chi connectivity index (χ1) is 13.9. The summed E-state index contributed by atoms with van der Waals surface area (Å²) < 4.78 is 31.9. The molecule has 2 aromatic carbocycles. The van der Waals surface area contributed by atoms with Gasteiger partial charge in [0, 0.05) is 44.0 Å². The van der Waals surface area contributed by atoms with E-state index in [0.717, 1.165) is 6.07 Å². The monoisotopic (exact) mass is 402 g/mol. The van der Waals surface area contributed by atoms with Gasteiger partial charge in [0.1, 0.15) is 11.6 Å². The minimum atomic E-state index is -0.830. The van der Waals surface area contributed by atoms with Gasteiger partial charge in [0.25, 0.3) is 0 Å². The van der Waals surface area contributed by atoms with Crippen LogP contribution in [-0.2, 0) is 9.59 Å². The molecule has 1 aliphatic heterocycles. The lowest BCUT2D eigenvalue weighted by Gasteiger charge is -2.35. The predicted octanol–water partition coefficient (Wildman–Crippen LogP) is 1.69. The zero-order chi connectivity index (χ0) is 20.5. The van der Waals surface area contributed by atoms with Crippen molar-refractivity contribution in [2.24, 2.45) is 0 Å². The zero-order valence-corrected chi connectivity index (χ0v) is 15.1. The molecule has 0 spiro atoms. The summed E-state index contributed by atoms with van der Waals surface area (Å²) in [6.07, 6.45) is 0. The topological polar surface area (TPSA) is 98.6 Å². The number of carbonyl (C=O) groups excluding carboxylic acids is 2. The lowest BCUT2D eigenvalue weighted by molar-refractivity contribution is -0.143. The molecule has 2 N–H and O–H groups in total. The number of nitrogens with one attached hydrogen (secondary N) is 2. The lowest BCUT2D eigenvalue weighted by atomic mass is 10.2. The smallest absolute Gasteiger partial charge is 0.408 e. The van der Waals surface area contributed by atoms with Gasteiger partial charge in [0.2, 0.25) is 0 Å². The highest BCUT2D eigenvalue weighted by atomic mass is 19.1. The summed E-state index contributed by atoms with van der Waals surface area (Å²) in [4.78, 5) is 41.4. The molecule has 0 unspecified atom stereocenters. The van der Waals surface area contributed by atoms with Crippen molar-refractivity contribution in [3.05, 3.63) is 58.6 Å². The summed E-state index contributed by atoms with van der Waals surface area (Å²) in [6.45, 7) is 1.05. The second kappa shape index (κ2) is 7.38. The van der Waals surface area contributed by atoms with E-state index in [1.807, 2.05) is 0 Å². The van der Waals surface area contributed by atoms with E-state index in [-0.39, 0.29) is 24.4 Å². The van der Waals surface area contributed by atoms with Crippen LogP contribution in [-0.4, -0.2) is 47.9 Å². The van der Waals surface area contributed by atoms with Crippen LogP contribution in [0.15, 0.2) is 45.6 Å². The number of benzene rings is 2. The molecule has 29 heavy (non-hydrogen) atoms. The molecule has 2 heterocycles. The van der Waals surface area contributed by atoms with Crippen molar-refractivity contribution >= 4 is 34.3 Å². The number of hydrogen-bond acceptors (Lipinski definition) is 5. The van der Waals surface area contributed by atoms with E-state index in [2.05, 4.69) is 10.3 Å². The number of anilines is 2. The Bertz CT molecular complexity index is 1150. The average Bonchev–Trinajstić information content (AvgIpc) is 3.07. The van der Waals surface area contributed by atoms with Gasteiger partial charge in [-0.1, -0.05) is 0 Å². The van der Waals surface area contributed by atoms with Gasteiger partial charge < -0.3 is 19.5 Å². The lowest BCUT2D eigenvalue weighted by Crippen LogP contribution is -2.51. The van der Waals surface area contributed by atoms with Crippen molar-refractivity contribution in [1.82, 2.24) is 9.88 Å². The number of nitrogens with zero attached hydrogens (tertiary/aromatic N) is 2. The van der Waals surface area contributed by atoms with Gasteiger partial charge in [-0.3, -0.25) is 14.6 Å². The molecule has 0 radical (unpaired) electrons. The van der Waals surface area contributed by atoms with Gasteiger partial charge in [0.15, 0.2) is 5.58 Å². The van der Waals surface area contributed by atoms with Gasteiger partial charge in [0.05, 0.1) is 11.2 Å². The number of oxazole rings is 1. The quantitative estimate of drug-likeness (QED) is 0.636. The van der Waals surface area contributed by atoms with Crippen LogP contribution in [0.1, 0.15) is 0 Å². The van der Waals surface area contributed by atoms with Crippen LogP contribution in [0, 0.1) is 11.6 Å². The number of hydrogen-bond donors (Lipinski definition) is 2. The third-order valence-corrected chi connectivity index (χ3v) is 4.69. The maximum atomic E-state index is 13.9. The van der Waals surface area contributed by atoms with Crippen LogP contribution in [0.25, 0.3) is 11.1 Å². The Hall–Kier alpha value is -3.69. The van der Waals surface area contributed by atoms with Gasteiger partial charge in [-0.15, -0.1) is 0 Å². The second-order valence-corrected chi connectivity index (χ2v) is 6.55. The number of aromatic amines is 1. The molecule has 0 atom stereocenters. The summed E-state index contributed by atoms with van der Waals surface area (Å²) >= 11 is 0. The van der Waals surface area contributed by atoms with Crippen molar-refractivity contribution in [2.75, 3.05) is 36.4 Å². The molecule has 1 fully saturated rings. The van der Waals surface area contributed by atoms with Crippen LogP contribution in [0.5, 0.6) is 0 Å².